The number of amides is 1. The average Bonchev–Trinajstić information content (AvgIpc) is 3.21. The molecule has 1 unspecified atom stereocenters. The number of aliphatic hydroxyl groups is 5. The Morgan fingerprint density at radius 2 is 1.50 bits per heavy atom. The Balaban J connectivity index is 1.27. The first-order valence-electron chi connectivity index (χ1n) is 19.3. The number of fused-ring (bicyclic) bond motifs is 5. The number of rotatable bonds is 9. The average molecular weight is 800 g/mol. The second kappa shape index (κ2) is 15.3. The Hall–Kier alpha value is -4.96. The standard InChI is InChI=1S/C44H49NO13/c1-24-28(57-39(51)34(48)32(26-16-10-6-11-17-26)45-40(52)55-22-25-14-8-5-9-15-25)21-44(54)37(58-38(50)27-18-12-7-13-19-27)35-42(4,29(46)20-30-43(35,53)23-56-30)36(49)33(47)31(24)41(44,2)3/h5-19,28-30,32-35,37,46-48,53-54H,20-23H2,1-4H3,(H,45,52)/t28?,29-,30+,32-,33+,34+,35-,37-,42+,43-,44+/m0/s1. The zero-order valence-electron chi connectivity index (χ0n) is 32.6. The fourth-order valence-corrected chi connectivity index (χ4v) is 9.62. The van der Waals surface area contributed by atoms with Gasteiger partial charge < -0.3 is 49.8 Å². The smallest absolute Gasteiger partial charge is 0.408 e. The Kier molecular flexibility index (Phi) is 10.9. The van der Waals surface area contributed by atoms with Crippen LogP contribution in [0.15, 0.2) is 102 Å². The summed E-state index contributed by atoms with van der Waals surface area (Å²) < 4.78 is 23.2. The van der Waals surface area contributed by atoms with E-state index in [0.29, 0.717) is 11.1 Å². The highest BCUT2D eigenvalue weighted by Crippen LogP contribution is 2.63. The van der Waals surface area contributed by atoms with Crippen LogP contribution in [0.1, 0.15) is 68.1 Å². The number of benzene rings is 3. The summed E-state index contributed by atoms with van der Waals surface area (Å²) in [5, 5.41) is 63.4. The number of ether oxygens (including phenoxy) is 4. The molecule has 3 aromatic carbocycles. The minimum atomic E-state index is -2.32. The second-order valence-corrected chi connectivity index (χ2v) is 16.6. The fourth-order valence-electron chi connectivity index (χ4n) is 9.62. The summed E-state index contributed by atoms with van der Waals surface area (Å²) in [6, 6.07) is 23.6. The molecule has 0 radical (unpaired) electrons. The first-order valence-corrected chi connectivity index (χ1v) is 19.3. The van der Waals surface area contributed by atoms with Crippen LogP contribution in [0.5, 0.6) is 0 Å². The molecule has 14 heteroatoms. The minimum absolute atomic E-state index is 0.0487. The number of aliphatic hydroxyl groups excluding tert-OH is 3. The van der Waals surface area contributed by atoms with E-state index in [-0.39, 0.29) is 36.3 Å². The van der Waals surface area contributed by atoms with E-state index in [4.69, 9.17) is 18.9 Å². The number of alkyl carbamates (subject to hydrolysis) is 1. The van der Waals surface area contributed by atoms with Crippen LogP contribution in [-0.2, 0) is 35.1 Å². The highest BCUT2D eigenvalue weighted by molar-refractivity contribution is 5.94. The molecule has 3 aromatic rings. The maximum absolute atomic E-state index is 14.7. The molecule has 3 aliphatic carbocycles. The molecule has 3 fully saturated rings. The van der Waals surface area contributed by atoms with Crippen LogP contribution in [0.4, 0.5) is 4.79 Å². The van der Waals surface area contributed by atoms with E-state index in [9.17, 15) is 44.7 Å². The van der Waals surface area contributed by atoms with Crippen LogP contribution in [-0.4, -0.2) is 104 Å². The first-order chi connectivity index (χ1) is 27.4. The molecule has 2 bridgehead atoms. The largest absolute Gasteiger partial charge is 0.456 e. The first kappa shape index (κ1) is 41.2. The molecular weight excluding hydrogens is 750 g/mol. The van der Waals surface area contributed by atoms with Crippen molar-refractivity contribution in [3.8, 4) is 0 Å². The predicted molar refractivity (Wildman–Crippen MR) is 204 cm³/mol. The summed E-state index contributed by atoms with van der Waals surface area (Å²) in [5.41, 5.74) is -6.55. The van der Waals surface area contributed by atoms with Crippen LogP contribution < -0.4 is 5.32 Å². The van der Waals surface area contributed by atoms with Gasteiger partial charge in [0.05, 0.1) is 35.8 Å². The van der Waals surface area contributed by atoms with Gasteiger partial charge >= 0.3 is 18.0 Å². The molecule has 0 aromatic heterocycles. The van der Waals surface area contributed by atoms with Gasteiger partial charge in [0.15, 0.2) is 11.9 Å². The number of carbonyl (C=O) groups is 4. The summed E-state index contributed by atoms with van der Waals surface area (Å²) in [6.07, 6.45) is -11.3. The molecule has 6 N–H and O–H groups in total. The number of nitrogens with one attached hydrogen (secondary N) is 1. The van der Waals surface area contributed by atoms with Crippen molar-refractivity contribution in [1.29, 1.82) is 0 Å². The van der Waals surface area contributed by atoms with E-state index in [1.165, 1.54) is 26.0 Å². The predicted octanol–water partition coefficient (Wildman–Crippen LogP) is 3.09. The fraction of sp³-hybridized carbons (Fsp3) is 0.455. The monoisotopic (exact) mass is 799 g/mol. The molecule has 1 saturated heterocycles. The van der Waals surface area contributed by atoms with Gasteiger partial charge in [0.25, 0.3) is 0 Å². The van der Waals surface area contributed by atoms with E-state index in [2.05, 4.69) is 5.32 Å². The van der Waals surface area contributed by atoms with E-state index < -0.39 is 101 Å². The second-order valence-electron chi connectivity index (χ2n) is 16.6. The molecular formula is C44H49NO13. The van der Waals surface area contributed by atoms with Crippen LogP contribution in [0.3, 0.4) is 0 Å². The molecule has 7 rings (SSSR count). The van der Waals surface area contributed by atoms with Crippen molar-refractivity contribution < 1.29 is 63.7 Å². The van der Waals surface area contributed by atoms with E-state index >= 15 is 0 Å². The highest BCUT2D eigenvalue weighted by Gasteiger charge is 2.76. The van der Waals surface area contributed by atoms with Gasteiger partial charge in [-0.05, 0) is 48.3 Å². The van der Waals surface area contributed by atoms with Gasteiger partial charge in [-0.2, -0.15) is 0 Å². The SMILES string of the molecule is CC1=C2[C@@H](O)C(=O)[C@@]3(C)[C@H]([C@H](OC(=O)c4ccccc4)[C@](O)(CC1OC(=O)[C@H](O)[C@@H](NC(=O)OCc1ccccc1)c1ccccc1)C2(C)C)[C@]1(O)CO[C@@H]1C[C@@H]3O. The number of hydrogen-bond acceptors (Lipinski definition) is 13. The van der Waals surface area contributed by atoms with Gasteiger partial charge in [-0.3, -0.25) is 4.79 Å². The Morgan fingerprint density at radius 3 is 2.10 bits per heavy atom. The van der Waals surface area contributed by atoms with Crippen molar-refractivity contribution >= 4 is 23.8 Å². The van der Waals surface area contributed by atoms with Gasteiger partial charge in [-0.1, -0.05) is 92.7 Å². The summed E-state index contributed by atoms with van der Waals surface area (Å²) in [7, 11) is 0. The number of esters is 2. The van der Waals surface area contributed by atoms with Crippen molar-refractivity contribution in [2.75, 3.05) is 6.61 Å². The lowest BCUT2D eigenvalue weighted by Gasteiger charge is -2.66. The molecule has 1 aliphatic heterocycles. The Bertz CT molecular complexity index is 2080. The summed E-state index contributed by atoms with van der Waals surface area (Å²) in [6.45, 7) is 5.59. The third-order valence-electron chi connectivity index (χ3n) is 13.1. The van der Waals surface area contributed by atoms with Gasteiger partial charge in [0.1, 0.15) is 36.1 Å². The summed E-state index contributed by atoms with van der Waals surface area (Å²) in [4.78, 5) is 55.8. The molecule has 4 aliphatic rings. The molecule has 2 saturated carbocycles. The maximum Gasteiger partial charge on any atom is 0.408 e. The summed E-state index contributed by atoms with van der Waals surface area (Å²) >= 11 is 0. The van der Waals surface area contributed by atoms with Crippen molar-refractivity contribution in [3.63, 3.8) is 0 Å². The molecule has 14 nitrogen and oxygen atoms in total. The lowest BCUT2D eigenvalue weighted by molar-refractivity contribution is -0.343. The maximum atomic E-state index is 14.7. The van der Waals surface area contributed by atoms with Crippen LogP contribution in [0.2, 0.25) is 0 Å². The van der Waals surface area contributed by atoms with Gasteiger partial charge in [-0.15, -0.1) is 0 Å². The topological polar surface area (TPSA) is 218 Å². The van der Waals surface area contributed by atoms with Crippen molar-refractivity contribution in [1.82, 2.24) is 5.32 Å². The van der Waals surface area contributed by atoms with Crippen LogP contribution >= 0.6 is 0 Å². The molecule has 11 atom stereocenters. The molecule has 1 amide bonds. The Morgan fingerprint density at radius 1 is 0.897 bits per heavy atom. The summed E-state index contributed by atoms with van der Waals surface area (Å²) in [5.74, 6) is -4.57. The third-order valence-corrected chi connectivity index (χ3v) is 13.1. The molecule has 308 valence electrons. The number of carbonyl (C=O) groups excluding carboxylic acids is 4. The van der Waals surface area contributed by atoms with Crippen LogP contribution in [0.25, 0.3) is 0 Å². The minimum Gasteiger partial charge on any atom is -0.456 e. The molecule has 1 heterocycles. The zero-order chi connectivity index (χ0) is 41.8. The van der Waals surface area contributed by atoms with Crippen molar-refractivity contribution in [2.24, 2.45) is 16.7 Å². The number of ketones is 1. The van der Waals surface area contributed by atoms with Crippen molar-refractivity contribution in [2.45, 2.75) is 101 Å². The van der Waals surface area contributed by atoms with E-state index in [1.807, 2.05) is 6.07 Å². The van der Waals surface area contributed by atoms with E-state index in [0.717, 1.165) is 0 Å². The highest BCUT2D eigenvalue weighted by atomic mass is 16.6. The Labute approximate surface area is 335 Å². The number of hydrogen-bond donors (Lipinski definition) is 6. The quantitative estimate of drug-likeness (QED) is 0.104. The van der Waals surface area contributed by atoms with Gasteiger partial charge in [0.2, 0.25) is 0 Å². The third kappa shape index (κ3) is 6.71. The van der Waals surface area contributed by atoms with Crippen molar-refractivity contribution in [3.05, 3.63) is 119 Å². The van der Waals surface area contributed by atoms with E-state index in [1.54, 1.807) is 86.6 Å². The zero-order valence-corrected chi connectivity index (χ0v) is 32.6. The van der Waals surface area contributed by atoms with Gasteiger partial charge in [-0.25, -0.2) is 14.4 Å². The van der Waals surface area contributed by atoms with Crippen LogP contribution in [0, 0.1) is 16.7 Å². The lowest BCUT2D eigenvalue weighted by atomic mass is 9.44. The molecule has 58 heavy (non-hydrogen) atoms. The molecule has 0 spiro atoms. The lowest BCUT2D eigenvalue weighted by Crippen LogP contribution is -2.81. The normalized spacial score (nSPS) is 33.4. The van der Waals surface area contributed by atoms with Gasteiger partial charge in [0, 0.05) is 24.2 Å². The number of Topliss-reactive ketones (excluding diaryl/α,β-unsaturated/α-hetero) is 1.